The number of benzene rings is 1. The fourth-order valence-electron chi connectivity index (χ4n) is 3.32. The number of anilines is 2. The molecule has 0 atom stereocenters. The highest BCUT2D eigenvalue weighted by molar-refractivity contribution is 7.15. The van der Waals surface area contributed by atoms with Crippen LogP contribution in [0.3, 0.4) is 0 Å². The molecule has 0 saturated carbocycles. The quantitative estimate of drug-likeness (QED) is 0.849. The maximum atomic E-state index is 12.6. The fraction of sp³-hybridized carbons (Fsp3) is 0.444. The van der Waals surface area contributed by atoms with Gasteiger partial charge in [0.2, 0.25) is 0 Å². The highest BCUT2D eigenvalue weighted by atomic mass is 35.5. The van der Waals surface area contributed by atoms with Crippen molar-refractivity contribution in [2.45, 2.75) is 20.0 Å². The summed E-state index contributed by atoms with van der Waals surface area (Å²) in [6.07, 6.45) is 0.819. The molecule has 1 aromatic heterocycles. The van der Waals surface area contributed by atoms with Gasteiger partial charge in [-0.3, -0.25) is 5.32 Å². The summed E-state index contributed by atoms with van der Waals surface area (Å²) in [5.74, 6) is 0. The van der Waals surface area contributed by atoms with E-state index in [1.165, 1.54) is 16.9 Å². The van der Waals surface area contributed by atoms with Gasteiger partial charge in [0.25, 0.3) is 0 Å². The van der Waals surface area contributed by atoms with Gasteiger partial charge in [-0.05, 0) is 24.6 Å². The van der Waals surface area contributed by atoms with E-state index in [1.54, 1.807) is 0 Å². The number of aromatic nitrogens is 1. The summed E-state index contributed by atoms with van der Waals surface area (Å²) >= 11 is 7.64. The molecule has 1 N–H and O–H groups in total. The monoisotopic (exact) mass is 392 g/mol. The number of hydrogen-bond acceptors (Lipinski definition) is 5. The first-order chi connectivity index (χ1) is 12.6. The van der Waals surface area contributed by atoms with E-state index in [-0.39, 0.29) is 6.03 Å². The summed E-state index contributed by atoms with van der Waals surface area (Å²) < 4.78 is 5.43. The van der Waals surface area contributed by atoms with E-state index in [2.05, 4.69) is 22.1 Å². The number of fused-ring (bicyclic) bond motifs is 1. The molecular formula is C18H21ClN4O2S. The number of carbonyl (C=O) groups excluding carboxylic acids is 1. The molecule has 0 bridgehead atoms. The molecule has 138 valence electrons. The zero-order valence-electron chi connectivity index (χ0n) is 14.6. The van der Waals surface area contributed by atoms with Crippen molar-refractivity contribution in [2.24, 2.45) is 0 Å². The van der Waals surface area contributed by atoms with E-state index in [0.717, 1.165) is 40.8 Å². The number of carbonyl (C=O) groups is 1. The van der Waals surface area contributed by atoms with Crippen molar-refractivity contribution in [3.63, 3.8) is 0 Å². The number of ether oxygens (including phenoxy) is 1. The minimum atomic E-state index is -0.0838. The second-order valence-corrected chi connectivity index (χ2v) is 8.05. The summed E-state index contributed by atoms with van der Waals surface area (Å²) in [5, 5.41) is 4.35. The van der Waals surface area contributed by atoms with Gasteiger partial charge in [-0.2, -0.15) is 0 Å². The molecule has 1 fully saturated rings. The van der Waals surface area contributed by atoms with Crippen molar-refractivity contribution in [3.05, 3.63) is 39.4 Å². The molecule has 1 saturated heterocycles. The number of piperazine rings is 1. The smallest absolute Gasteiger partial charge is 0.323 e. The van der Waals surface area contributed by atoms with Crippen LogP contribution in [-0.2, 0) is 17.8 Å². The Labute approximate surface area is 161 Å². The highest BCUT2D eigenvalue weighted by Crippen LogP contribution is 2.28. The molecule has 0 radical (unpaired) electrons. The highest BCUT2D eigenvalue weighted by Gasteiger charge is 2.24. The number of halogens is 1. The normalized spacial score (nSPS) is 17.2. The molecule has 1 aromatic carbocycles. The third kappa shape index (κ3) is 3.65. The van der Waals surface area contributed by atoms with Gasteiger partial charge in [-0.1, -0.05) is 29.0 Å². The van der Waals surface area contributed by atoms with E-state index in [9.17, 15) is 4.79 Å². The Kier molecular flexibility index (Phi) is 5.02. The number of rotatable bonds is 2. The van der Waals surface area contributed by atoms with Gasteiger partial charge in [-0.15, -0.1) is 0 Å². The Hall–Kier alpha value is -1.83. The molecule has 26 heavy (non-hydrogen) atoms. The largest absolute Gasteiger partial charge is 0.375 e. The lowest BCUT2D eigenvalue weighted by atomic mass is 10.1. The zero-order valence-corrected chi connectivity index (χ0v) is 16.2. The van der Waals surface area contributed by atoms with Gasteiger partial charge in [0.1, 0.15) is 0 Å². The van der Waals surface area contributed by atoms with Crippen LogP contribution < -0.4 is 10.2 Å². The molecule has 4 rings (SSSR count). The van der Waals surface area contributed by atoms with Gasteiger partial charge in [-0.25, -0.2) is 9.78 Å². The lowest BCUT2D eigenvalue weighted by Gasteiger charge is -2.36. The standard InChI is InChI=1S/C18H21ClN4O2S/c1-12-2-3-13(19)10-15(12)22-5-7-23(8-6-22)18(24)21-17-20-14-4-9-25-11-16(14)26-17/h2-3,10H,4-9,11H2,1H3,(H,20,21,24). The van der Waals surface area contributed by atoms with Crippen LogP contribution in [0.25, 0.3) is 0 Å². The summed E-state index contributed by atoms with van der Waals surface area (Å²) in [6.45, 7) is 6.31. The molecule has 2 aliphatic heterocycles. The molecule has 2 aliphatic rings. The fourth-order valence-corrected chi connectivity index (χ4v) is 4.42. The van der Waals surface area contributed by atoms with Crippen LogP contribution >= 0.6 is 22.9 Å². The number of hydrogen-bond donors (Lipinski definition) is 1. The van der Waals surface area contributed by atoms with Crippen molar-refractivity contribution < 1.29 is 9.53 Å². The first kappa shape index (κ1) is 17.6. The van der Waals surface area contributed by atoms with Gasteiger partial charge >= 0.3 is 6.03 Å². The molecule has 8 heteroatoms. The summed E-state index contributed by atoms with van der Waals surface area (Å²) in [4.78, 5) is 22.3. The molecule has 2 aromatic rings. The predicted octanol–water partition coefficient (Wildman–Crippen LogP) is 3.53. The van der Waals surface area contributed by atoms with E-state index in [4.69, 9.17) is 16.3 Å². The molecular weight excluding hydrogens is 372 g/mol. The maximum Gasteiger partial charge on any atom is 0.323 e. The minimum absolute atomic E-state index is 0.0838. The topological polar surface area (TPSA) is 57.7 Å². The molecule has 0 aliphatic carbocycles. The number of urea groups is 1. The third-order valence-corrected chi connectivity index (χ3v) is 6.01. The molecule has 0 spiro atoms. The number of nitrogens with one attached hydrogen (secondary N) is 1. The second kappa shape index (κ2) is 7.42. The van der Waals surface area contributed by atoms with E-state index in [1.807, 2.05) is 23.1 Å². The number of aryl methyl sites for hydroxylation is 1. The van der Waals surface area contributed by atoms with Gasteiger partial charge in [0.15, 0.2) is 5.13 Å². The van der Waals surface area contributed by atoms with Crippen LogP contribution in [0, 0.1) is 6.92 Å². The Morgan fingerprint density at radius 3 is 2.88 bits per heavy atom. The van der Waals surface area contributed by atoms with E-state index >= 15 is 0 Å². The second-order valence-electron chi connectivity index (χ2n) is 6.53. The summed E-state index contributed by atoms with van der Waals surface area (Å²) in [6, 6.07) is 5.85. The molecule has 6 nitrogen and oxygen atoms in total. The average Bonchev–Trinajstić information content (AvgIpc) is 3.06. The van der Waals surface area contributed by atoms with Crippen molar-refractivity contribution in [1.82, 2.24) is 9.88 Å². The lowest BCUT2D eigenvalue weighted by Crippen LogP contribution is -2.50. The number of thiazole rings is 1. The predicted molar refractivity (Wildman–Crippen MR) is 104 cm³/mol. The van der Waals surface area contributed by atoms with Crippen molar-refractivity contribution in [3.8, 4) is 0 Å². The Bertz CT molecular complexity index is 794. The molecule has 0 unspecified atom stereocenters. The number of amides is 2. The Morgan fingerprint density at radius 1 is 1.31 bits per heavy atom. The Balaban J connectivity index is 1.36. The van der Waals surface area contributed by atoms with Gasteiger partial charge in [0.05, 0.1) is 23.8 Å². The van der Waals surface area contributed by atoms with Crippen LogP contribution in [-0.4, -0.2) is 48.7 Å². The van der Waals surface area contributed by atoms with Crippen LogP contribution in [0.5, 0.6) is 0 Å². The summed E-state index contributed by atoms with van der Waals surface area (Å²) in [5.41, 5.74) is 3.39. The minimum Gasteiger partial charge on any atom is -0.375 e. The lowest BCUT2D eigenvalue weighted by molar-refractivity contribution is 0.112. The van der Waals surface area contributed by atoms with Gasteiger partial charge in [0, 0.05) is 43.3 Å². The third-order valence-electron chi connectivity index (χ3n) is 4.79. The molecule has 2 amide bonds. The average molecular weight is 393 g/mol. The van der Waals surface area contributed by atoms with Crippen molar-refractivity contribution in [1.29, 1.82) is 0 Å². The summed E-state index contributed by atoms with van der Waals surface area (Å²) in [7, 11) is 0. The van der Waals surface area contributed by atoms with Crippen LogP contribution in [0.1, 0.15) is 16.1 Å². The van der Waals surface area contributed by atoms with Crippen molar-refractivity contribution >= 4 is 39.8 Å². The van der Waals surface area contributed by atoms with Crippen molar-refractivity contribution in [2.75, 3.05) is 43.0 Å². The Morgan fingerprint density at radius 2 is 2.12 bits per heavy atom. The van der Waals surface area contributed by atoms with Crippen LogP contribution in [0.15, 0.2) is 18.2 Å². The SMILES string of the molecule is Cc1ccc(Cl)cc1N1CCN(C(=O)Nc2nc3c(s2)COCC3)CC1. The van der Waals surface area contributed by atoms with E-state index in [0.29, 0.717) is 31.4 Å². The van der Waals surface area contributed by atoms with Crippen LogP contribution in [0.2, 0.25) is 5.02 Å². The first-order valence-electron chi connectivity index (χ1n) is 8.73. The zero-order chi connectivity index (χ0) is 18.1. The maximum absolute atomic E-state index is 12.6. The van der Waals surface area contributed by atoms with E-state index < -0.39 is 0 Å². The number of nitrogens with zero attached hydrogens (tertiary/aromatic N) is 3. The van der Waals surface area contributed by atoms with Gasteiger partial charge < -0.3 is 14.5 Å². The first-order valence-corrected chi connectivity index (χ1v) is 9.93. The molecule has 3 heterocycles. The van der Waals surface area contributed by atoms with Crippen LogP contribution in [0.4, 0.5) is 15.6 Å².